The van der Waals surface area contributed by atoms with Gasteiger partial charge in [0.2, 0.25) is 10.7 Å². The van der Waals surface area contributed by atoms with E-state index in [0.717, 1.165) is 16.5 Å². The normalized spacial score (nSPS) is 11.8. The van der Waals surface area contributed by atoms with Crippen molar-refractivity contribution in [2.24, 2.45) is 0 Å². The summed E-state index contributed by atoms with van der Waals surface area (Å²) in [7, 11) is 0. The molecule has 0 saturated carbocycles. The van der Waals surface area contributed by atoms with Crippen LogP contribution in [0.3, 0.4) is 0 Å². The second kappa shape index (κ2) is 8.38. The number of hydrogen-bond donors (Lipinski definition) is 3. The van der Waals surface area contributed by atoms with Crippen molar-refractivity contribution in [3.05, 3.63) is 51.6 Å². The van der Waals surface area contributed by atoms with Gasteiger partial charge in [0.05, 0.1) is 6.54 Å². The summed E-state index contributed by atoms with van der Waals surface area (Å²) in [6.45, 7) is 8.72. The van der Waals surface area contributed by atoms with Crippen LogP contribution in [0.15, 0.2) is 34.2 Å². The minimum Gasteiger partial charge on any atom is -0.322 e. The number of carbonyl (C=O) groups is 1. The number of amides is 1. The first-order valence-electron chi connectivity index (χ1n) is 9.32. The number of H-pyrrole nitrogens is 1. The number of carbonyl (C=O) groups excluding carboxylic acids is 1. The summed E-state index contributed by atoms with van der Waals surface area (Å²) in [6, 6.07) is 7.66. The number of aromatic amines is 1. The largest absolute Gasteiger partial charge is 0.322 e. The van der Waals surface area contributed by atoms with Crippen LogP contribution in [0.2, 0.25) is 0 Å². The number of aryl methyl sites for hydroxylation is 1. The third kappa shape index (κ3) is 4.86. The summed E-state index contributed by atoms with van der Waals surface area (Å²) in [5.41, 5.74) is 5.44. The number of aromatic nitrogens is 4. The molecule has 3 rings (SSSR count). The number of hydrogen-bond acceptors (Lipinski definition) is 6. The van der Waals surface area contributed by atoms with Gasteiger partial charge in [0.15, 0.2) is 0 Å². The van der Waals surface area contributed by atoms with Crippen molar-refractivity contribution in [2.45, 2.75) is 44.8 Å². The van der Waals surface area contributed by atoms with Gasteiger partial charge in [-0.15, -0.1) is 10.2 Å². The highest BCUT2D eigenvalue weighted by Crippen LogP contribution is 2.26. The van der Waals surface area contributed by atoms with Crippen molar-refractivity contribution in [1.29, 1.82) is 0 Å². The Morgan fingerprint density at radius 1 is 1.24 bits per heavy atom. The molecule has 1 amide bonds. The van der Waals surface area contributed by atoms with Crippen LogP contribution in [0.5, 0.6) is 0 Å². The Morgan fingerprint density at radius 2 is 2.00 bits per heavy atom. The number of nitrogens with zero attached hydrogens (tertiary/aromatic N) is 3. The van der Waals surface area contributed by atoms with E-state index in [0.29, 0.717) is 17.5 Å². The molecule has 8 nitrogen and oxygen atoms in total. The van der Waals surface area contributed by atoms with Crippen LogP contribution in [-0.2, 0) is 16.8 Å². The molecule has 2 heterocycles. The van der Waals surface area contributed by atoms with E-state index in [9.17, 15) is 9.59 Å². The Kier molecular flexibility index (Phi) is 6.09. The Morgan fingerprint density at radius 3 is 2.69 bits per heavy atom. The number of nitrogens with one attached hydrogen (secondary N) is 3. The molecular formula is C20H26N6O2S. The number of pyridine rings is 1. The van der Waals surface area contributed by atoms with Gasteiger partial charge in [-0.25, -0.2) is 4.68 Å². The van der Waals surface area contributed by atoms with Gasteiger partial charge in [-0.05, 0) is 41.9 Å². The molecule has 0 unspecified atom stereocenters. The Balaban J connectivity index is 1.73. The smallest absolute Gasteiger partial charge is 0.252 e. The molecule has 3 N–H and O–H groups in total. The molecule has 0 fully saturated rings. The number of rotatable bonds is 6. The van der Waals surface area contributed by atoms with E-state index in [1.165, 1.54) is 17.3 Å². The molecule has 2 aromatic heterocycles. The average molecular weight is 415 g/mol. The number of benzene rings is 1. The lowest BCUT2D eigenvalue weighted by molar-refractivity contribution is -0.116. The fraction of sp³-hybridized carbons (Fsp3) is 0.400. The highest BCUT2D eigenvalue weighted by molar-refractivity contribution is 7.98. The first-order valence-corrected chi connectivity index (χ1v) is 10.5. The van der Waals surface area contributed by atoms with Gasteiger partial charge in [-0.2, -0.15) is 0 Å². The maximum Gasteiger partial charge on any atom is 0.252 e. The molecule has 3 aromatic rings. The Hall–Kier alpha value is -2.65. The van der Waals surface area contributed by atoms with Crippen LogP contribution < -0.4 is 16.3 Å². The number of fused-ring (bicyclic) bond motifs is 1. The fourth-order valence-electron chi connectivity index (χ4n) is 3.02. The Bertz CT molecular complexity index is 1100. The van der Waals surface area contributed by atoms with E-state index in [1.807, 2.05) is 18.4 Å². The van der Waals surface area contributed by atoms with Crippen LogP contribution in [0.25, 0.3) is 10.9 Å². The maximum absolute atomic E-state index is 12.3. The van der Waals surface area contributed by atoms with Gasteiger partial charge in [0, 0.05) is 23.5 Å². The van der Waals surface area contributed by atoms with Crippen molar-refractivity contribution in [3.8, 4) is 0 Å². The van der Waals surface area contributed by atoms with Gasteiger partial charge in [0.1, 0.15) is 5.82 Å². The van der Waals surface area contributed by atoms with E-state index >= 15 is 0 Å². The second-order valence-corrected chi connectivity index (χ2v) is 8.65. The van der Waals surface area contributed by atoms with Crippen LogP contribution in [0.1, 0.15) is 37.7 Å². The molecule has 0 radical (unpaired) electrons. The van der Waals surface area contributed by atoms with Gasteiger partial charge in [0.25, 0.3) is 5.91 Å². The average Bonchev–Trinajstić information content (AvgIpc) is 3.00. The summed E-state index contributed by atoms with van der Waals surface area (Å²) in [4.78, 5) is 27.2. The van der Waals surface area contributed by atoms with Crippen molar-refractivity contribution in [3.63, 3.8) is 0 Å². The second-order valence-electron chi connectivity index (χ2n) is 7.88. The van der Waals surface area contributed by atoms with E-state index in [4.69, 9.17) is 0 Å². The van der Waals surface area contributed by atoms with Crippen molar-refractivity contribution >= 4 is 28.6 Å². The summed E-state index contributed by atoms with van der Waals surface area (Å²) in [6.07, 6.45) is 1.87. The van der Waals surface area contributed by atoms with Crippen LogP contribution in [0.4, 0.5) is 0 Å². The van der Waals surface area contributed by atoms with Gasteiger partial charge in [-0.3, -0.25) is 15.0 Å². The van der Waals surface area contributed by atoms with Gasteiger partial charge < -0.3 is 10.3 Å². The number of thioether (sulfide) groups is 1. The third-order valence-electron chi connectivity index (χ3n) is 4.61. The quantitative estimate of drug-likeness (QED) is 0.535. The topological polar surface area (TPSA) is 105 Å². The minimum atomic E-state index is -0.215. The molecule has 0 aliphatic rings. The lowest BCUT2D eigenvalue weighted by Crippen LogP contribution is -2.33. The summed E-state index contributed by atoms with van der Waals surface area (Å²) in [5, 5.41) is 12.7. The van der Waals surface area contributed by atoms with Crippen LogP contribution in [-0.4, -0.2) is 38.6 Å². The molecule has 0 spiro atoms. The fourth-order valence-corrected chi connectivity index (χ4v) is 3.50. The summed E-state index contributed by atoms with van der Waals surface area (Å²) >= 11 is 1.40. The van der Waals surface area contributed by atoms with E-state index in [1.54, 1.807) is 17.7 Å². The van der Waals surface area contributed by atoms with Crippen LogP contribution >= 0.6 is 11.8 Å². The van der Waals surface area contributed by atoms with Gasteiger partial charge >= 0.3 is 0 Å². The predicted octanol–water partition coefficient (Wildman–Crippen LogP) is 2.31. The highest BCUT2D eigenvalue weighted by Gasteiger charge is 2.15. The predicted molar refractivity (Wildman–Crippen MR) is 116 cm³/mol. The first kappa shape index (κ1) is 21.1. The molecule has 9 heteroatoms. The zero-order chi connectivity index (χ0) is 21.2. The molecule has 0 saturated heterocycles. The molecule has 1 aromatic carbocycles. The zero-order valence-corrected chi connectivity index (χ0v) is 18.1. The molecule has 0 aliphatic heterocycles. The standard InChI is InChI=1S/C20H26N6O2S/c1-12-23-24-19(29-5)26(12)25-18(28)11-21-10-13-8-17(27)22-16-7-6-14(9-15(13)16)20(2,3)4/h6-9,21H,10-11H2,1-5H3,(H,22,27)(H,25,28). The third-order valence-corrected chi connectivity index (χ3v) is 5.24. The minimum absolute atomic E-state index is 0.000598. The van der Waals surface area contributed by atoms with Crippen molar-refractivity contribution in [2.75, 3.05) is 18.2 Å². The monoisotopic (exact) mass is 414 g/mol. The summed E-state index contributed by atoms with van der Waals surface area (Å²) in [5.74, 6) is 0.394. The lowest BCUT2D eigenvalue weighted by atomic mass is 9.86. The Labute approximate surface area is 173 Å². The van der Waals surface area contributed by atoms with Crippen LogP contribution in [0, 0.1) is 6.92 Å². The molecule has 29 heavy (non-hydrogen) atoms. The lowest BCUT2D eigenvalue weighted by Gasteiger charge is -2.20. The van der Waals surface area contributed by atoms with E-state index in [-0.39, 0.29) is 23.4 Å². The summed E-state index contributed by atoms with van der Waals surface area (Å²) < 4.78 is 1.56. The molecular weight excluding hydrogens is 388 g/mol. The first-order chi connectivity index (χ1) is 13.7. The van der Waals surface area contributed by atoms with Crippen molar-refractivity contribution in [1.82, 2.24) is 25.2 Å². The molecule has 0 bridgehead atoms. The zero-order valence-electron chi connectivity index (χ0n) is 17.3. The SMILES string of the molecule is CSc1nnc(C)n1NC(=O)CNCc1cc(=O)[nH]c2ccc(C(C)(C)C)cc12. The maximum atomic E-state index is 12.3. The van der Waals surface area contributed by atoms with E-state index < -0.39 is 0 Å². The van der Waals surface area contributed by atoms with E-state index in [2.05, 4.69) is 52.8 Å². The molecule has 154 valence electrons. The molecule has 0 atom stereocenters. The molecule has 0 aliphatic carbocycles. The highest BCUT2D eigenvalue weighted by atomic mass is 32.2. The van der Waals surface area contributed by atoms with Gasteiger partial charge in [-0.1, -0.05) is 38.6 Å². The van der Waals surface area contributed by atoms with Crippen molar-refractivity contribution < 1.29 is 4.79 Å².